The second-order valence-corrected chi connectivity index (χ2v) is 11.2. The van der Waals surface area contributed by atoms with Crippen molar-refractivity contribution in [3.05, 3.63) is 127 Å². The SMILES string of the molecule is O=S(=O)(c1ccccc1)C(CCC(c1ccccc1)c1ccccc1)Sc1ccccn1. The molecule has 0 fully saturated rings. The Morgan fingerprint density at radius 2 is 1.19 bits per heavy atom. The first-order chi connectivity index (χ1) is 15.6. The molecule has 1 aromatic heterocycles. The van der Waals surface area contributed by atoms with Gasteiger partial charge in [-0.15, -0.1) is 0 Å². The molecular formula is C27H25NO2S2. The molecule has 0 spiro atoms. The van der Waals surface area contributed by atoms with Gasteiger partial charge in [0.2, 0.25) is 0 Å². The lowest BCUT2D eigenvalue weighted by molar-refractivity contribution is 0.583. The number of rotatable bonds is 9. The third-order valence-corrected chi connectivity index (χ3v) is 9.29. The van der Waals surface area contributed by atoms with Crippen molar-refractivity contribution in [2.24, 2.45) is 0 Å². The Kier molecular flexibility index (Phi) is 7.40. The molecule has 4 aromatic rings. The summed E-state index contributed by atoms with van der Waals surface area (Å²) in [4.78, 5) is 4.72. The topological polar surface area (TPSA) is 47.0 Å². The minimum atomic E-state index is -3.54. The van der Waals surface area contributed by atoms with Crippen LogP contribution in [-0.4, -0.2) is 18.0 Å². The zero-order valence-electron chi connectivity index (χ0n) is 17.6. The van der Waals surface area contributed by atoms with E-state index in [1.807, 2.05) is 60.7 Å². The van der Waals surface area contributed by atoms with E-state index >= 15 is 0 Å². The first kappa shape index (κ1) is 22.3. The van der Waals surface area contributed by atoms with Crippen molar-refractivity contribution >= 4 is 21.6 Å². The van der Waals surface area contributed by atoms with Crippen molar-refractivity contribution in [1.29, 1.82) is 0 Å². The van der Waals surface area contributed by atoms with Crippen molar-refractivity contribution in [2.75, 3.05) is 0 Å². The van der Waals surface area contributed by atoms with E-state index in [4.69, 9.17) is 0 Å². The van der Waals surface area contributed by atoms with Crippen molar-refractivity contribution in [1.82, 2.24) is 4.98 Å². The number of aromatic nitrogens is 1. The van der Waals surface area contributed by atoms with Crippen LogP contribution in [0.4, 0.5) is 0 Å². The van der Waals surface area contributed by atoms with Gasteiger partial charge in [0.05, 0.1) is 9.92 Å². The van der Waals surface area contributed by atoms with E-state index in [1.54, 1.807) is 30.5 Å². The quantitative estimate of drug-likeness (QED) is 0.265. The van der Waals surface area contributed by atoms with Crippen LogP contribution in [0.5, 0.6) is 0 Å². The third kappa shape index (κ3) is 5.47. The summed E-state index contributed by atoms with van der Waals surface area (Å²) in [5, 5.41) is 0.716. The summed E-state index contributed by atoms with van der Waals surface area (Å²) in [6.07, 6.45) is 2.92. The molecule has 0 aliphatic rings. The predicted octanol–water partition coefficient (Wildman–Crippen LogP) is 6.59. The van der Waals surface area contributed by atoms with E-state index in [2.05, 4.69) is 29.2 Å². The van der Waals surface area contributed by atoms with Gasteiger partial charge in [-0.1, -0.05) is 96.7 Å². The Bertz CT molecular complexity index is 1160. The highest BCUT2D eigenvalue weighted by molar-refractivity contribution is 8.13. The second kappa shape index (κ2) is 10.6. The lowest BCUT2D eigenvalue weighted by atomic mass is 9.88. The van der Waals surface area contributed by atoms with Gasteiger partial charge in [-0.2, -0.15) is 0 Å². The molecule has 0 N–H and O–H groups in total. The van der Waals surface area contributed by atoms with E-state index in [1.165, 1.54) is 22.9 Å². The van der Waals surface area contributed by atoms with Crippen LogP contribution < -0.4 is 0 Å². The molecule has 1 atom stereocenters. The second-order valence-electron chi connectivity index (χ2n) is 7.52. The van der Waals surface area contributed by atoms with Crippen LogP contribution in [0.2, 0.25) is 0 Å². The average Bonchev–Trinajstić information content (AvgIpc) is 2.86. The molecule has 0 saturated heterocycles. The van der Waals surface area contributed by atoms with Gasteiger partial charge in [0.25, 0.3) is 0 Å². The first-order valence-corrected chi connectivity index (χ1v) is 13.0. The van der Waals surface area contributed by atoms with E-state index < -0.39 is 14.4 Å². The summed E-state index contributed by atoms with van der Waals surface area (Å²) in [5.41, 5.74) is 2.38. The minimum Gasteiger partial charge on any atom is -0.250 e. The van der Waals surface area contributed by atoms with Crippen molar-refractivity contribution in [3.8, 4) is 0 Å². The zero-order valence-corrected chi connectivity index (χ0v) is 19.3. The molecule has 0 saturated carbocycles. The van der Waals surface area contributed by atoms with Gasteiger partial charge in [-0.25, -0.2) is 13.4 Å². The van der Waals surface area contributed by atoms with Crippen molar-refractivity contribution in [3.63, 3.8) is 0 Å². The molecule has 0 aliphatic carbocycles. The molecule has 0 bridgehead atoms. The fourth-order valence-electron chi connectivity index (χ4n) is 3.79. The molecule has 4 rings (SSSR count). The number of nitrogens with zero attached hydrogens (tertiary/aromatic N) is 1. The third-order valence-electron chi connectivity index (χ3n) is 5.40. The van der Waals surface area contributed by atoms with Crippen LogP contribution in [0, 0.1) is 0 Å². The van der Waals surface area contributed by atoms with Crippen LogP contribution >= 0.6 is 11.8 Å². The standard InChI is InChI=1S/C27H25NO2S2/c29-32(30,24-16-8-3-9-17-24)27(31-26-18-10-11-21-28-26)20-19-25(22-12-4-1-5-13-22)23-14-6-2-7-15-23/h1-18,21,25,27H,19-20H2. The van der Waals surface area contributed by atoms with Crippen molar-refractivity contribution < 1.29 is 8.42 Å². The van der Waals surface area contributed by atoms with Crippen LogP contribution in [0.1, 0.15) is 29.9 Å². The summed E-state index contributed by atoms with van der Waals surface area (Å²) in [7, 11) is -3.54. The normalized spacial score (nSPS) is 12.5. The first-order valence-electron chi connectivity index (χ1n) is 10.6. The number of sulfone groups is 1. The number of hydrogen-bond donors (Lipinski definition) is 0. The van der Waals surface area contributed by atoms with Crippen LogP contribution in [0.3, 0.4) is 0 Å². The van der Waals surface area contributed by atoms with Gasteiger partial charge in [-0.05, 0) is 48.2 Å². The Morgan fingerprint density at radius 1 is 0.656 bits per heavy atom. The van der Waals surface area contributed by atoms with E-state index in [-0.39, 0.29) is 5.92 Å². The van der Waals surface area contributed by atoms with Crippen LogP contribution in [0.25, 0.3) is 0 Å². The fourth-order valence-corrected chi connectivity index (χ4v) is 7.01. The summed E-state index contributed by atoms with van der Waals surface area (Å²) in [6.45, 7) is 0. The average molecular weight is 460 g/mol. The lowest BCUT2D eigenvalue weighted by Gasteiger charge is -2.22. The Labute approximate surface area is 194 Å². The maximum Gasteiger partial charge on any atom is 0.190 e. The molecule has 3 aromatic carbocycles. The summed E-state index contributed by atoms with van der Waals surface area (Å²) in [6, 6.07) is 34.9. The van der Waals surface area contributed by atoms with Gasteiger partial charge < -0.3 is 0 Å². The zero-order chi connectivity index (χ0) is 22.2. The lowest BCUT2D eigenvalue weighted by Crippen LogP contribution is -2.19. The minimum absolute atomic E-state index is 0.121. The molecule has 162 valence electrons. The van der Waals surface area contributed by atoms with E-state index in [9.17, 15) is 8.42 Å². The fraction of sp³-hybridized carbons (Fsp3) is 0.148. The summed E-state index contributed by atoms with van der Waals surface area (Å²) >= 11 is 1.32. The van der Waals surface area contributed by atoms with Crippen LogP contribution in [0.15, 0.2) is 125 Å². The van der Waals surface area contributed by atoms with Gasteiger partial charge >= 0.3 is 0 Å². The maximum absolute atomic E-state index is 13.6. The monoisotopic (exact) mass is 459 g/mol. The molecule has 0 aliphatic heterocycles. The number of thioether (sulfide) groups is 1. The Balaban J connectivity index is 1.65. The maximum atomic E-state index is 13.6. The van der Waals surface area contributed by atoms with Gasteiger partial charge in [0.1, 0.15) is 4.58 Å². The largest absolute Gasteiger partial charge is 0.250 e. The highest BCUT2D eigenvalue weighted by Crippen LogP contribution is 2.37. The van der Waals surface area contributed by atoms with Crippen molar-refractivity contribution in [2.45, 2.75) is 33.3 Å². The Hall–Kier alpha value is -2.89. The smallest absolute Gasteiger partial charge is 0.190 e. The number of pyridine rings is 1. The molecule has 1 unspecified atom stereocenters. The number of benzene rings is 3. The summed E-state index contributed by atoms with van der Waals surface area (Å²) in [5.74, 6) is 0.121. The van der Waals surface area contributed by atoms with Gasteiger partial charge in [0.15, 0.2) is 9.84 Å². The molecule has 0 amide bonds. The van der Waals surface area contributed by atoms with Gasteiger partial charge in [-0.3, -0.25) is 0 Å². The van der Waals surface area contributed by atoms with E-state index in [0.717, 1.165) is 0 Å². The van der Waals surface area contributed by atoms with Gasteiger partial charge in [0, 0.05) is 12.1 Å². The molecule has 3 nitrogen and oxygen atoms in total. The highest BCUT2D eigenvalue weighted by atomic mass is 32.3. The summed E-state index contributed by atoms with van der Waals surface area (Å²) < 4.78 is 26.5. The molecule has 5 heteroatoms. The molecular weight excluding hydrogens is 434 g/mol. The molecule has 1 heterocycles. The van der Waals surface area contributed by atoms with E-state index in [0.29, 0.717) is 22.8 Å². The number of hydrogen-bond acceptors (Lipinski definition) is 4. The Morgan fingerprint density at radius 3 is 1.72 bits per heavy atom. The highest BCUT2D eigenvalue weighted by Gasteiger charge is 2.30. The predicted molar refractivity (Wildman–Crippen MR) is 131 cm³/mol. The van der Waals surface area contributed by atoms with Crippen LogP contribution in [-0.2, 0) is 9.84 Å². The molecule has 32 heavy (non-hydrogen) atoms. The molecule has 0 radical (unpaired) electrons.